The fourth-order valence-electron chi connectivity index (χ4n) is 4.86. The summed E-state index contributed by atoms with van der Waals surface area (Å²) in [6.45, 7) is 3.49. The molecule has 0 spiro atoms. The molecule has 0 saturated carbocycles. The second kappa shape index (κ2) is 9.65. The number of nitrogens with zero attached hydrogens (tertiary/aromatic N) is 4. The molecule has 5 rings (SSSR count). The Kier molecular flexibility index (Phi) is 6.28. The molecule has 3 aromatic rings. The third-order valence-corrected chi connectivity index (χ3v) is 6.84. The smallest absolute Gasteiger partial charge is 0.269 e. The van der Waals surface area contributed by atoms with Crippen LogP contribution in [0.25, 0.3) is 11.0 Å². The maximum atomic E-state index is 12.5. The van der Waals surface area contributed by atoms with E-state index in [9.17, 15) is 14.9 Å². The Labute approximate surface area is 197 Å². The second-order valence-corrected chi connectivity index (χ2v) is 9.05. The van der Waals surface area contributed by atoms with E-state index in [1.807, 2.05) is 12.1 Å². The van der Waals surface area contributed by atoms with Gasteiger partial charge in [-0.2, -0.15) is 5.26 Å². The number of hydrogen-bond acceptors (Lipinski definition) is 6. The van der Waals surface area contributed by atoms with Gasteiger partial charge in [-0.15, -0.1) is 0 Å². The molecule has 2 aliphatic heterocycles. The number of carbonyl (C=O) groups is 1. The minimum Gasteiger partial charge on any atom is -0.482 e. The van der Waals surface area contributed by atoms with Crippen LogP contribution in [-0.4, -0.2) is 46.6 Å². The maximum absolute atomic E-state index is 12.5. The predicted molar refractivity (Wildman–Crippen MR) is 129 cm³/mol. The Morgan fingerprint density at radius 3 is 2.79 bits per heavy atom. The Morgan fingerprint density at radius 2 is 1.97 bits per heavy atom. The number of nitrogens with one attached hydrogen (secondary N) is 1. The van der Waals surface area contributed by atoms with Gasteiger partial charge in [0, 0.05) is 13.1 Å². The zero-order chi connectivity index (χ0) is 23.5. The van der Waals surface area contributed by atoms with Crippen molar-refractivity contribution in [2.75, 3.05) is 31.6 Å². The van der Waals surface area contributed by atoms with Crippen LogP contribution in [0.3, 0.4) is 0 Å². The molecule has 8 heteroatoms. The fraction of sp³-hybridized carbons (Fsp3) is 0.385. The van der Waals surface area contributed by atoms with Crippen molar-refractivity contribution >= 4 is 22.6 Å². The van der Waals surface area contributed by atoms with Crippen molar-refractivity contribution in [3.63, 3.8) is 0 Å². The summed E-state index contributed by atoms with van der Waals surface area (Å²) in [7, 11) is 0. The average molecular weight is 458 g/mol. The van der Waals surface area contributed by atoms with E-state index >= 15 is 0 Å². The van der Waals surface area contributed by atoms with Crippen molar-refractivity contribution in [2.45, 2.75) is 32.2 Å². The lowest BCUT2D eigenvalue weighted by Crippen LogP contribution is -2.37. The molecule has 3 heterocycles. The first-order valence-electron chi connectivity index (χ1n) is 11.8. The molecule has 2 aliphatic rings. The van der Waals surface area contributed by atoms with Crippen LogP contribution < -0.4 is 15.6 Å². The Morgan fingerprint density at radius 1 is 1.12 bits per heavy atom. The molecule has 0 atom stereocenters. The van der Waals surface area contributed by atoms with Gasteiger partial charge in [0.1, 0.15) is 5.75 Å². The van der Waals surface area contributed by atoms with Crippen molar-refractivity contribution in [1.29, 1.82) is 5.26 Å². The quantitative estimate of drug-likeness (QED) is 0.611. The second-order valence-electron chi connectivity index (χ2n) is 9.05. The molecule has 1 fully saturated rings. The number of hydrogen-bond donors (Lipinski definition) is 1. The van der Waals surface area contributed by atoms with Gasteiger partial charge in [-0.25, -0.2) is 4.98 Å². The van der Waals surface area contributed by atoms with E-state index in [1.54, 1.807) is 22.8 Å². The monoisotopic (exact) mass is 457 g/mol. The van der Waals surface area contributed by atoms with Crippen LogP contribution in [0.5, 0.6) is 5.75 Å². The van der Waals surface area contributed by atoms with Gasteiger partial charge in [0.2, 0.25) is 0 Å². The van der Waals surface area contributed by atoms with Crippen molar-refractivity contribution in [2.24, 2.45) is 5.92 Å². The standard InChI is InChI=1S/C26H27N5O3/c27-15-20-3-5-21-23(14-20)31(26(33)16-28-21)12-11-30-9-7-18(8-10-30)1-2-19-4-6-24-22(13-19)29-25(32)17-34-24/h3-6,13-14,16,18H,1-2,7-12,17H2,(H,29,32). The summed E-state index contributed by atoms with van der Waals surface area (Å²) in [6.07, 6.45) is 5.73. The number of piperidine rings is 1. The number of ether oxygens (including phenoxy) is 1. The zero-order valence-electron chi connectivity index (χ0n) is 19.0. The maximum Gasteiger partial charge on any atom is 0.269 e. The molecule has 174 valence electrons. The summed E-state index contributed by atoms with van der Waals surface area (Å²) in [4.78, 5) is 30.6. The molecule has 8 nitrogen and oxygen atoms in total. The van der Waals surface area contributed by atoms with Gasteiger partial charge in [0.05, 0.1) is 34.6 Å². The highest BCUT2D eigenvalue weighted by Gasteiger charge is 2.20. The van der Waals surface area contributed by atoms with E-state index < -0.39 is 0 Å². The fourth-order valence-corrected chi connectivity index (χ4v) is 4.86. The number of aromatic nitrogens is 2. The van der Waals surface area contributed by atoms with Crippen LogP contribution >= 0.6 is 0 Å². The number of likely N-dealkylation sites (tertiary alicyclic amines) is 1. The van der Waals surface area contributed by atoms with Crippen LogP contribution in [-0.2, 0) is 17.8 Å². The summed E-state index contributed by atoms with van der Waals surface area (Å²) >= 11 is 0. The average Bonchev–Trinajstić information content (AvgIpc) is 2.87. The zero-order valence-corrected chi connectivity index (χ0v) is 19.0. The van der Waals surface area contributed by atoms with Crippen LogP contribution in [0.1, 0.15) is 30.4 Å². The molecule has 0 unspecified atom stereocenters. The Balaban J connectivity index is 1.14. The molecule has 0 bridgehead atoms. The van der Waals surface area contributed by atoms with E-state index in [0.29, 0.717) is 23.5 Å². The van der Waals surface area contributed by atoms with Gasteiger partial charge in [0.15, 0.2) is 6.61 Å². The van der Waals surface area contributed by atoms with Crippen molar-refractivity contribution in [3.8, 4) is 11.8 Å². The number of amides is 1. The van der Waals surface area contributed by atoms with Crippen LogP contribution in [0.2, 0.25) is 0 Å². The Bertz CT molecular complexity index is 1320. The number of nitriles is 1. The first-order chi connectivity index (χ1) is 16.6. The van der Waals surface area contributed by atoms with Crippen LogP contribution in [0.15, 0.2) is 47.4 Å². The van der Waals surface area contributed by atoms with Crippen molar-refractivity contribution in [1.82, 2.24) is 14.5 Å². The molecule has 0 aliphatic carbocycles. The normalized spacial score (nSPS) is 16.5. The molecular formula is C26H27N5O3. The van der Waals surface area contributed by atoms with Gasteiger partial charge in [-0.05, 0) is 80.6 Å². The third kappa shape index (κ3) is 4.80. The van der Waals surface area contributed by atoms with Gasteiger partial charge in [0.25, 0.3) is 11.5 Å². The summed E-state index contributed by atoms with van der Waals surface area (Å²) in [5.41, 5.74) is 3.82. The molecule has 2 aromatic carbocycles. The van der Waals surface area contributed by atoms with Crippen LogP contribution in [0, 0.1) is 17.2 Å². The highest BCUT2D eigenvalue weighted by Crippen LogP contribution is 2.30. The first kappa shape index (κ1) is 22.1. The lowest BCUT2D eigenvalue weighted by Gasteiger charge is -2.32. The van der Waals surface area contributed by atoms with E-state index in [-0.39, 0.29) is 18.1 Å². The highest BCUT2D eigenvalue weighted by molar-refractivity contribution is 5.95. The van der Waals surface area contributed by atoms with E-state index in [4.69, 9.17) is 4.74 Å². The Hall–Kier alpha value is -3.70. The largest absolute Gasteiger partial charge is 0.482 e. The molecule has 0 radical (unpaired) electrons. The summed E-state index contributed by atoms with van der Waals surface area (Å²) in [5.74, 6) is 1.30. The lowest BCUT2D eigenvalue weighted by molar-refractivity contribution is -0.118. The molecule has 1 saturated heterocycles. The van der Waals surface area contributed by atoms with Gasteiger partial charge >= 0.3 is 0 Å². The van der Waals surface area contributed by atoms with Crippen molar-refractivity contribution in [3.05, 3.63) is 64.1 Å². The number of aryl methyl sites for hydroxylation is 1. The lowest BCUT2D eigenvalue weighted by atomic mass is 9.90. The predicted octanol–water partition coefficient (Wildman–Crippen LogP) is 2.94. The van der Waals surface area contributed by atoms with Crippen molar-refractivity contribution < 1.29 is 9.53 Å². The number of benzene rings is 2. The van der Waals surface area contributed by atoms with E-state index in [1.165, 1.54) is 11.8 Å². The number of rotatable bonds is 6. The van der Waals surface area contributed by atoms with Gasteiger partial charge in [-0.3, -0.25) is 9.59 Å². The minimum atomic E-state index is -0.135. The molecule has 1 N–H and O–H groups in total. The van der Waals surface area contributed by atoms with E-state index in [0.717, 1.165) is 62.3 Å². The van der Waals surface area contributed by atoms with E-state index in [2.05, 4.69) is 27.3 Å². The van der Waals surface area contributed by atoms with Crippen LogP contribution in [0.4, 0.5) is 5.69 Å². The molecule has 1 aromatic heterocycles. The third-order valence-electron chi connectivity index (χ3n) is 6.84. The summed E-state index contributed by atoms with van der Waals surface area (Å²) < 4.78 is 7.17. The SMILES string of the molecule is N#Cc1ccc2ncc(=O)n(CCN3CCC(CCc4ccc5c(c4)NC(=O)CO5)CC3)c2c1. The first-order valence-corrected chi connectivity index (χ1v) is 11.8. The van der Waals surface area contributed by atoms with Gasteiger partial charge in [-0.1, -0.05) is 6.07 Å². The number of fused-ring (bicyclic) bond motifs is 2. The topological polar surface area (TPSA) is 100 Å². The molecule has 34 heavy (non-hydrogen) atoms. The number of carbonyl (C=O) groups excluding carboxylic acids is 1. The summed E-state index contributed by atoms with van der Waals surface area (Å²) in [6, 6.07) is 13.4. The summed E-state index contributed by atoms with van der Waals surface area (Å²) in [5, 5.41) is 12.1. The highest BCUT2D eigenvalue weighted by atomic mass is 16.5. The number of anilines is 1. The van der Waals surface area contributed by atoms with Gasteiger partial charge < -0.3 is 19.5 Å². The molecular weight excluding hydrogens is 430 g/mol. The minimum absolute atomic E-state index is 0.0812. The molecule has 1 amide bonds.